The van der Waals surface area contributed by atoms with Gasteiger partial charge in [0, 0.05) is 19.8 Å². The second-order valence-corrected chi connectivity index (χ2v) is 5.63. The van der Waals surface area contributed by atoms with Crippen LogP contribution in [0.4, 0.5) is 5.69 Å². The summed E-state index contributed by atoms with van der Waals surface area (Å²) >= 11 is 3.30. The van der Waals surface area contributed by atoms with Gasteiger partial charge in [0.15, 0.2) is 0 Å². The Morgan fingerprint density at radius 3 is 2.79 bits per heavy atom. The van der Waals surface area contributed by atoms with E-state index in [1.54, 1.807) is 0 Å². The van der Waals surface area contributed by atoms with Gasteiger partial charge < -0.3 is 15.8 Å². The van der Waals surface area contributed by atoms with Gasteiger partial charge in [-0.3, -0.25) is 4.79 Å². The quantitative estimate of drug-likeness (QED) is 0.830. The highest BCUT2D eigenvalue weighted by Crippen LogP contribution is 2.31. The van der Waals surface area contributed by atoms with Crippen molar-refractivity contribution in [2.24, 2.45) is 11.1 Å². The van der Waals surface area contributed by atoms with Crippen LogP contribution in [0.1, 0.15) is 18.5 Å². The van der Waals surface area contributed by atoms with Gasteiger partial charge in [0.2, 0.25) is 5.91 Å². The Morgan fingerprint density at radius 2 is 2.21 bits per heavy atom. The van der Waals surface area contributed by atoms with Crippen LogP contribution in [0.25, 0.3) is 0 Å². The van der Waals surface area contributed by atoms with Crippen molar-refractivity contribution >= 4 is 27.5 Å². The lowest BCUT2D eigenvalue weighted by molar-refractivity contribution is -0.130. The van der Waals surface area contributed by atoms with E-state index in [-0.39, 0.29) is 5.91 Å². The molecule has 0 atom stereocenters. The number of nitrogens with zero attached hydrogens (tertiary/aromatic N) is 1. The second-order valence-electron chi connectivity index (χ2n) is 4.82. The fourth-order valence-corrected chi connectivity index (χ4v) is 2.60. The van der Waals surface area contributed by atoms with Crippen LogP contribution in [-0.4, -0.2) is 30.6 Å². The number of carbonyl (C=O) groups is 1. The number of amides is 1. The summed E-state index contributed by atoms with van der Waals surface area (Å²) in [6.45, 7) is 3.37. The van der Waals surface area contributed by atoms with Crippen LogP contribution >= 0.6 is 15.9 Å². The fraction of sp³-hybridized carbons (Fsp3) is 0.538. The van der Waals surface area contributed by atoms with E-state index < -0.39 is 5.41 Å². The summed E-state index contributed by atoms with van der Waals surface area (Å²) < 4.78 is 6.06. The van der Waals surface area contributed by atoms with Crippen molar-refractivity contribution in [3.05, 3.63) is 22.4 Å². The maximum Gasteiger partial charge on any atom is 0.232 e. The third-order valence-electron chi connectivity index (χ3n) is 3.62. The van der Waals surface area contributed by atoms with Crippen LogP contribution in [0.2, 0.25) is 0 Å². The molecule has 1 aromatic heterocycles. The van der Waals surface area contributed by atoms with E-state index in [4.69, 9.17) is 10.5 Å². The van der Waals surface area contributed by atoms with Crippen LogP contribution in [-0.2, 0) is 9.53 Å². The predicted molar refractivity (Wildman–Crippen MR) is 76.8 cm³/mol. The van der Waals surface area contributed by atoms with Crippen molar-refractivity contribution in [2.45, 2.75) is 19.8 Å². The molecule has 0 bridgehead atoms. The van der Waals surface area contributed by atoms with Crippen molar-refractivity contribution in [3.8, 4) is 0 Å². The SMILES string of the molecule is Cc1nc(Br)ccc1NC(=O)C1(CN)CCOCC1. The summed E-state index contributed by atoms with van der Waals surface area (Å²) in [5.74, 6) is -0.0366. The number of hydrogen-bond acceptors (Lipinski definition) is 4. The highest BCUT2D eigenvalue weighted by atomic mass is 79.9. The molecule has 2 heterocycles. The maximum absolute atomic E-state index is 12.5. The van der Waals surface area contributed by atoms with Gasteiger partial charge >= 0.3 is 0 Å². The molecule has 19 heavy (non-hydrogen) atoms. The van der Waals surface area contributed by atoms with E-state index in [1.807, 2.05) is 19.1 Å². The Labute approximate surface area is 121 Å². The summed E-state index contributed by atoms with van der Waals surface area (Å²) in [6, 6.07) is 3.65. The number of ether oxygens (including phenoxy) is 1. The van der Waals surface area contributed by atoms with Crippen molar-refractivity contribution in [1.82, 2.24) is 4.98 Å². The van der Waals surface area contributed by atoms with Crippen molar-refractivity contribution in [2.75, 3.05) is 25.1 Å². The molecule has 2 rings (SSSR count). The Hall–Kier alpha value is -0.980. The molecule has 0 unspecified atom stereocenters. The highest BCUT2D eigenvalue weighted by molar-refractivity contribution is 9.10. The van der Waals surface area contributed by atoms with Gasteiger partial charge in [0.05, 0.1) is 16.8 Å². The molecule has 5 nitrogen and oxygen atoms in total. The number of aryl methyl sites for hydroxylation is 1. The summed E-state index contributed by atoms with van der Waals surface area (Å²) in [4.78, 5) is 16.7. The number of nitrogens with one attached hydrogen (secondary N) is 1. The van der Waals surface area contributed by atoms with E-state index in [0.717, 1.165) is 16.0 Å². The first-order chi connectivity index (χ1) is 9.07. The van der Waals surface area contributed by atoms with Crippen LogP contribution in [0.15, 0.2) is 16.7 Å². The zero-order valence-corrected chi connectivity index (χ0v) is 12.5. The minimum absolute atomic E-state index is 0.0366. The number of carbonyl (C=O) groups excluding carboxylic acids is 1. The van der Waals surface area contributed by atoms with E-state index in [1.165, 1.54) is 0 Å². The first-order valence-corrected chi connectivity index (χ1v) is 7.09. The van der Waals surface area contributed by atoms with E-state index in [0.29, 0.717) is 32.6 Å². The van der Waals surface area contributed by atoms with Crippen molar-refractivity contribution in [1.29, 1.82) is 0 Å². The third-order valence-corrected chi connectivity index (χ3v) is 4.06. The number of aromatic nitrogens is 1. The van der Waals surface area contributed by atoms with Gasteiger partial charge in [-0.15, -0.1) is 0 Å². The smallest absolute Gasteiger partial charge is 0.232 e. The van der Waals surface area contributed by atoms with Crippen LogP contribution in [0, 0.1) is 12.3 Å². The maximum atomic E-state index is 12.5. The fourth-order valence-electron chi connectivity index (χ4n) is 2.20. The minimum Gasteiger partial charge on any atom is -0.381 e. The van der Waals surface area contributed by atoms with Crippen molar-refractivity contribution < 1.29 is 9.53 Å². The van der Waals surface area contributed by atoms with Gasteiger partial charge in [-0.1, -0.05) is 0 Å². The van der Waals surface area contributed by atoms with Gasteiger partial charge in [-0.2, -0.15) is 0 Å². The van der Waals surface area contributed by atoms with Gasteiger partial charge in [0.1, 0.15) is 4.60 Å². The number of rotatable bonds is 3. The molecule has 6 heteroatoms. The predicted octanol–water partition coefficient (Wildman–Crippen LogP) is 1.85. The lowest BCUT2D eigenvalue weighted by Gasteiger charge is -2.34. The second kappa shape index (κ2) is 5.98. The molecule has 0 aliphatic carbocycles. The summed E-state index contributed by atoms with van der Waals surface area (Å²) in [6.07, 6.45) is 1.33. The Morgan fingerprint density at radius 1 is 1.53 bits per heavy atom. The number of nitrogens with two attached hydrogens (primary N) is 1. The molecule has 1 fully saturated rings. The van der Waals surface area contributed by atoms with Crippen molar-refractivity contribution in [3.63, 3.8) is 0 Å². The Balaban J connectivity index is 2.15. The first kappa shape index (κ1) is 14.4. The standard InChI is InChI=1S/C13H18BrN3O2/c1-9-10(2-3-11(14)16-9)17-12(18)13(8-15)4-6-19-7-5-13/h2-3H,4-8,15H2,1H3,(H,17,18). The van der Waals surface area contributed by atoms with Crippen LogP contribution < -0.4 is 11.1 Å². The Kier molecular flexibility index (Phi) is 4.54. The molecule has 3 N–H and O–H groups in total. The molecular formula is C13H18BrN3O2. The third kappa shape index (κ3) is 3.13. The average Bonchev–Trinajstić information content (AvgIpc) is 2.42. The zero-order chi connectivity index (χ0) is 13.9. The van der Waals surface area contributed by atoms with Crippen LogP contribution in [0.5, 0.6) is 0 Å². The van der Waals surface area contributed by atoms with Gasteiger partial charge in [-0.25, -0.2) is 4.98 Å². The van der Waals surface area contributed by atoms with E-state index >= 15 is 0 Å². The van der Waals surface area contributed by atoms with E-state index in [9.17, 15) is 4.79 Å². The molecule has 1 aromatic rings. The normalized spacial score (nSPS) is 18.1. The lowest BCUT2D eigenvalue weighted by Crippen LogP contribution is -2.46. The van der Waals surface area contributed by atoms with Gasteiger partial charge in [0.25, 0.3) is 0 Å². The lowest BCUT2D eigenvalue weighted by atomic mass is 9.79. The summed E-state index contributed by atoms with van der Waals surface area (Å²) in [5.41, 5.74) is 6.81. The number of halogens is 1. The monoisotopic (exact) mass is 327 g/mol. The van der Waals surface area contributed by atoms with Gasteiger partial charge in [-0.05, 0) is 47.8 Å². The highest BCUT2D eigenvalue weighted by Gasteiger charge is 2.38. The van der Waals surface area contributed by atoms with E-state index in [2.05, 4.69) is 26.2 Å². The number of hydrogen-bond donors (Lipinski definition) is 2. The molecule has 0 radical (unpaired) electrons. The van der Waals surface area contributed by atoms with Crippen LogP contribution in [0.3, 0.4) is 0 Å². The summed E-state index contributed by atoms with van der Waals surface area (Å²) in [5, 5.41) is 2.94. The molecule has 0 saturated carbocycles. The molecule has 0 spiro atoms. The average molecular weight is 328 g/mol. The Bertz CT molecular complexity index is 473. The molecule has 1 aliphatic heterocycles. The molecule has 104 valence electrons. The minimum atomic E-state index is -0.516. The number of pyridine rings is 1. The molecule has 0 aromatic carbocycles. The summed E-state index contributed by atoms with van der Waals surface area (Å²) in [7, 11) is 0. The molecule has 1 saturated heterocycles. The molecular weight excluding hydrogens is 310 g/mol. The topological polar surface area (TPSA) is 77.2 Å². The zero-order valence-electron chi connectivity index (χ0n) is 10.9. The molecule has 1 amide bonds. The largest absolute Gasteiger partial charge is 0.381 e. The first-order valence-electron chi connectivity index (χ1n) is 6.30. The number of anilines is 1. The molecule has 1 aliphatic rings.